The smallest absolute Gasteiger partial charge is 0.338 e. The number of pyridine rings is 1. The Morgan fingerprint density at radius 2 is 2.00 bits per heavy atom. The van der Waals surface area contributed by atoms with Crippen LogP contribution in [0.1, 0.15) is 35.5 Å². The normalized spacial score (nSPS) is 15.0. The van der Waals surface area contributed by atoms with E-state index in [0.717, 1.165) is 35.6 Å². The van der Waals surface area contributed by atoms with Crippen molar-refractivity contribution in [2.75, 3.05) is 26.3 Å². The van der Waals surface area contributed by atoms with Crippen LogP contribution in [0.4, 0.5) is 0 Å². The van der Waals surface area contributed by atoms with E-state index in [1.807, 2.05) is 43.5 Å². The van der Waals surface area contributed by atoms with Gasteiger partial charge in [-0.05, 0) is 38.5 Å². The van der Waals surface area contributed by atoms with E-state index in [1.165, 1.54) is 0 Å². The number of fused-ring (bicyclic) bond motifs is 1. The Morgan fingerprint density at radius 3 is 2.64 bits per heavy atom. The summed E-state index contributed by atoms with van der Waals surface area (Å²) < 4.78 is 12.8. The summed E-state index contributed by atoms with van der Waals surface area (Å²) in [5.74, 6) is -0.330. The van der Waals surface area contributed by atoms with Crippen molar-refractivity contribution >= 4 is 28.8 Å². The molecule has 3 rings (SSSR count). The maximum Gasteiger partial charge on any atom is 0.338 e. The molecular weight excluding hydrogens is 340 g/mol. The van der Waals surface area contributed by atoms with Gasteiger partial charge in [-0.1, -0.05) is 18.2 Å². The number of esters is 1. The molecular formula is C19H23ClN2O3. The van der Waals surface area contributed by atoms with E-state index in [2.05, 4.69) is 11.5 Å². The third-order valence-corrected chi connectivity index (χ3v) is 4.54. The molecule has 0 spiro atoms. The lowest BCUT2D eigenvalue weighted by molar-refractivity contribution is 0.0377. The predicted molar refractivity (Wildman–Crippen MR) is 99.1 cm³/mol. The lowest BCUT2D eigenvalue weighted by Crippen LogP contribution is -2.35. The second kappa shape index (κ2) is 7.10. The summed E-state index contributed by atoms with van der Waals surface area (Å²) in [5, 5.41) is 0.616. The second-order valence-corrected chi connectivity index (χ2v) is 6.92. The van der Waals surface area contributed by atoms with Gasteiger partial charge in [0.2, 0.25) is 0 Å². The molecule has 1 aliphatic rings. The van der Waals surface area contributed by atoms with Crippen molar-refractivity contribution in [3.05, 3.63) is 46.8 Å². The lowest BCUT2D eigenvalue weighted by atomic mass is 10.0. The van der Waals surface area contributed by atoms with Gasteiger partial charge in [-0.25, -0.2) is 4.79 Å². The quantitative estimate of drug-likeness (QED) is 0.776. The van der Waals surface area contributed by atoms with Crippen LogP contribution in [0.2, 0.25) is 5.02 Å². The first-order chi connectivity index (χ1) is 11.9. The molecule has 134 valence electrons. The summed E-state index contributed by atoms with van der Waals surface area (Å²) in [6.45, 7) is 12.8. The number of hydrogen-bond donors (Lipinski definition) is 0. The Hall–Kier alpha value is -1.98. The number of hydrogen-bond acceptors (Lipinski definition) is 4. The van der Waals surface area contributed by atoms with Gasteiger partial charge in [-0.2, -0.15) is 0 Å². The zero-order chi connectivity index (χ0) is 18.1. The molecule has 0 aromatic carbocycles. The summed E-state index contributed by atoms with van der Waals surface area (Å²) in [6, 6.07) is 3.66. The van der Waals surface area contributed by atoms with Crippen molar-refractivity contribution in [2.24, 2.45) is 0 Å². The molecule has 0 aliphatic carbocycles. The average molecular weight is 363 g/mol. The van der Waals surface area contributed by atoms with Crippen LogP contribution >= 0.6 is 11.6 Å². The van der Waals surface area contributed by atoms with Crippen LogP contribution in [0, 0.1) is 6.92 Å². The maximum atomic E-state index is 12.5. The Labute approximate surface area is 152 Å². The molecule has 0 radical (unpaired) electrons. The largest absolute Gasteiger partial charge is 0.459 e. The minimum atomic E-state index is -0.330. The monoisotopic (exact) mass is 362 g/mol. The lowest BCUT2D eigenvalue weighted by Gasteiger charge is -2.31. The van der Waals surface area contributed by atoms with Crippen LogP contribution in [-0.4, -0.2) is 47.7 Å². The molecule has 0 N–H and O–H groups in total. The van der Waals surface area contributed by atoms with Crippen LogP contribution in [0.25, 0.3) is 11.2 Å². The van der Waals surface area contributed by atoms with Gasteiger partial charge in [-0.3, -0.25) is 0 Å². The van der Waals surface area contributed by atoms with Crippen molar-refractivity contribution < 1.29 is 14.3 Å². The fourth-order valence-corrected chi connectivity index (χ4v) is 3.35. The number of ether oxygens (including phenoxy) is 2. The van der Waals surface area contributed by atoms with Gasteiger partial charge in [0.05, 0.1) is 41.3 Å². The molecule has 1 saturated heterocycles. The van der Waals surface area contributed by atoms with Gasteiger partial charge in [0.25, 0.3) is 0 Å². The molecule has 0 saturated carbocycles. The number of carbonyl (C=O) groups excluding carboxylic acids is 1. The van der Waals surface area contributed by atoms with Crippen molar-refractivity contribution in [1.82, 2.24) is 9.30 Å². The van der Waals surface area contributed by atoms with E-state index in [9.17, 15) is 4.79 Å². The van der Waals surface area contributed by atoms with Gasteiger partial charge in [0, 0.05) is 24.8 Å². The summed E-state index contributed by atoms with van der Waals surface area (Å²) in [5.41, 5.74) is 3.96. The van der Waals surface area contributed by atoms with Gasteiger partial charge in [0.15, 0.2) is 0 Å². The molecule has 0 bridgehead atoms. The molecule has 3 heterocycles. The van der Waals surface area contributed by atoms with Gasteiger partial charge >= 0.3 is 5.97 Å². The maximum absolute atomic E-state index is 12.5. The molecule has 0 amide bonds. The fraction of sp³-hybridized carbons (Fsp3) is 0.421. The van der Waals surface area contributed by atoms with Crippen LogP contribution < -0.4 is 0 Å². The van der Waals surface area contributed by atoms with Crippen LogP contribution in [0.3, 0.4) is 0 Å². The number of halogens is 1. The van der Waals surface area contributed by atoms with Crippen LogP contribution in [0.15, 0.2) is 24.9 Å². The first-order valence-electron chi connectivity index (χ1n) is 8.42. The number of morpholine rings is 1. The summed E-state index contributed by atoms with van der Waals surface area (Å²) in [6.07, 6.45) is 1.67. The zero-order valence-electron chi connectivity index (χ0n) is 14.8. The van der Waals surface area contributed by atoms with E-state index >= 15 is 0 Å². The minimum Gasteiger partial charge on any atom is -0.459 e. The predicted octanol–water partition coefficient (Wildman–Crippen LogP) is 3.77. The van der Waals surface area contributed by atoms with Crippen LogP contribution in [0.5, 0.6) is 0 Å². The molecule has 1 aliphatic heterocycles. The highest BCUT2D eigenvalue weighted by atomic mass is 35.5. The summed E-state index contributed by atoms with van der Waals surface area (Å²) >= 11 is 6.21. The summed E-state index contributed by atoms with van der Waals surface area (Å²) in [4.78, 5) is 14.7. The molecule has 5 nitrogen and oxygen atoms in total. The molecule has 2 aromatic rings. The fourth-order valence-electron chi connectivity index (χ4n) is 3.14. The highest BCUT2D eigenvalue weighted by molar-refractivity contribution is 6.31. The Balaban J connectivity index is 2.12. The van der Waals surface area contributed by atoms with E-state index in [4.69, 9.17) is 21.1 Å². The summed E-state index contributed by atoms with van der Waals surface area (Å²) in [7, 11) is 0. The molecule has 2 aromatic heterocycles. The molecule has 0 unspecified atom stereocenters. The molecule has 0 atom stereocenters. The Morgan fingerprint density at radius 1 is 1.32 bits per heavy atom. The Kier molecular flexibility index (Phi) is 5.06. The van der Waals surface area contributed by atoms with Crippen molar-refractivity contribution in [2.45, 2.75) is 26.9 Å². The number of carbonyl (C=O) groups is 1. The topological polar surface area (TPSA) is 43.2 Å². The highest BCUT2D eigenvalue weighted by Crippen LogP contribution is 2.29. The number of aromatic nitrogens is 1. The van der Waals surface area contributed by atoms with Crippen molar-refractivity contribution in [3.63, 3.8) is 0 Å². The van der Waals surface area contributed by atoms with E-state index in [1.54, 1.807) is 0 Å². The third kappa shape index (κ3) is 3.53. The van der Waals surface area contributed by atoms with E-state index in [-0.39, 0.29) is 12.1 Å². The Bertz CT molecular complexity index is 820. The van der Waals surface area contributed by atoms with E-state index < -0.39 is 0 Å². The second-order valence-electron chi connectivity index (χ2n) is 6.48. The molecule has 6 heteroatoms. The van der Waals surface area contributed by atoms with Gasteiger partial charge < -0.3 is 18.8 Å². The minimum absolute atomic E-state index is 0.176. The standard InChI is InChI=1S/C19H23ClN2O3/c1-12(2)25-19(23)17-10-16-9-15(20)11-22(16)18(13(17)3)14(4)21-5-7-24-8-6-21/h9-12H,4-8H2,1-3H3. The highest BCUT2D eigenvalue weighted by Gasteiger charge is 2.23. The first kappa shape index (κ1) is 17.8. The third-order valence-electron chi connectivity index (χ3n) is 4.34. The molecule has 1 fully saturated rings. The SMILES string of the molecule is C=C(c1c(C)c(C(=O)OC(C)C)cc2cc(Cl)cn12)N1CCOCC1. The van der Waals surface area contributed by atoms with Gasteiger partial charge in [0.1, 0.15) is 0 Å². The zero-order valence-corrected chi connectivity index (χ0v) is 15.6. The number of nitrogens with zero attached hydrogens (tertiary/aromatic N) is 2. The van der Waals surface area contributed by atoms with Crippen molar-refractivity contribution in [3.8, 4) is 0 Å². The van der Waals surface area contributed by atoms with Gasteiger partial charge in [-0.15, -0.1) is 0 Å². The van der Waals surface area contributed by atoms with E-state index in [0.29, 0.717) is 23.8 Å². The van der Waals surface area contributed by atoms with Crippen molar-refractivity contribution in [1.29, 1.82) is 0 Å². The van der Waals surface area contributed by atoms with Crippen LogP contribution in [-0.2, 0) is 9.47 Å². The average Bonchev–Trinajstić information content (AvgIpc) is 2.93. The number of rotatable bonds is 4. The molecule has 25 heavy (non-hydrogen) atoms. The first-order valence-corrected chi connectivity index (χ1v) is 8.80.